The molecule has 128 valence electrons. The molecule has 3 rings (SSSR count). The van der Waals surface area contributed by atoms with Gasteiger partial charge in [0.15, 0.2) is 0 Å². The quantitative estimate of drug-likeness (QED) is 0.636. The van der Waals surface area contributed by atoms with E-state index in [1.165, 1.54) is 9.75 Å². The molecule has 0 fully saturated rings. The lowest BCUT2D eigenvalue weighted by Crippen LogP contribution is -2.31. The van der Waals surface area contributed by atoms with Crippen molar-refractivity contribution < 1.29 is 0 Å². The number of likely N-dealkylation sites (N-methyl/N-ethyl adjacent to an activating group) is 1. The average molecular weight is 362 g/mol. The van der Waals surface area contributed by atoms with Gasteiger partial charge >= 0.3 is 0 Å². The fourth-order valence-corrected chi connectivity index (χ4v) is 4.90. The van der Waals surface area contributed by atoms with Crippen molar-refractivity contribution in [2.24, 2.45) is 0 Å². The Balaban J connectivity index is 2.07. The highest BCUT2D eigenvalue weighted by Crippen LogP contribution is 2.38. The summed E-state index contributed by atoms with van der Waals surface area (Å²) in [5.74, 6) is 0. The summed E-state index contributed by atoms with van der Waals surface area (Å²) in [5.41, 5.74) is 1.19. The zero-order valence-electron chi connectivity index (χ0n) is 14.4. The van der Waals surface area contributed by atoms with Crippen molar-refractivity contribution in [1.82, 2.24) is 14.5 Å². The highest BCUT2D eigenvalue weighted by molar-refractivity contribution is 7.20. The van der Waals surface area contributed by atoms with Crippen LogP contribution in [0.25, 0.3) is 20.7 Å². The van der Waals surface area contributed by atoms with Gasteiger partial charge in [-0.2, -0.15) is 0 Å². The summed E-state index contributed by atoms with van der Waals surface area (Å²) in [6, 6.07) is 4.14. The topological polar surface area (TPSA) is 38.1 Å². The van der Waals surface area contributed by atoms with Gasteiger partial charge in [-0.15, -0.1) is 22.7 Å². The molecule has 4 nitrogen and oxygen atoms in total. The second-order valence-corrected chi connectivity index (χ2v) is 7.71. The molecular weight excluding hydrogens is 338 g/mol. The minimum absolute atomic E-state index is 0.0894. The lowest BCUT2D eigenvalue weighted by molar-refractivity contribution is 0.289. The van der Waals surface area contributed by atoms with Gasteiger partial charge in [-0.05, 0) is 31.0 Å². The molecule has 0 spiro atoms. The van der Waals surface area contributed by atoms with Gasteiger partial charge in [-0.25, -0.2) is 4.98 Å². The number of nitrogens with zero attached hydrogens (tertiary/aromatic N) is 3. The third-order valence-electron chi connectivity index (χ3n) is 4.39. The maximum Gasteiger partial charge on any atom is 0.262 e. The van der Waals surface area contributed by atoms with Crippen molar-refractivity contribution in [3.63, 3.8) is 0 Å². The van der Waals surface area contributed by atoms with Crippen LogP contribution in [0.2, 0.25) is 0 Å². The molecule has 0 radical (unpaired) electrons. The normalized spacial score (nSPS) is 11.7. The van der Waals surface area contributed by atoms with Crippen LogP contribution in [-0.4, -0.2) is 34.1 Å². The number of hydrogen-bond donors (Lipinski definition) is 0. The Hall–Kier alpha value is -1.50. The lowest BCUT2D eigenvalue weighted by atomic mass is 10.1. The van der Waals surface area contributed by atoms with Crippen molar-refractivity contribution in [1.29, 1.82) is 0 Å². The van der Waals surface area contributed by atoms with E-state index < -0.39 is 0 Å². The van der Waals surface area contributed by atoms with Crippen LogP contribution in [0.1, 0.15) is 25.6 Å². The third-order valence-corrected chi connectivity index (χ3v) is 6.52. The summed E-state index contributed by atoms with van der Waals surface area (Å²) < 4.78 is 1.77. The first kappa shape index (κ1) is 17.3. The summed E-state index contributed by atoms with van der Waals surface area (Å²) in [7, 11) is 0. The summed E-state index contributed by atoms with van der Waals surface area (Å²) in [5, 5.41) is 2.86. The Morgan fingerprint density at radius 2 is 2.04 bits per heavy atom. The van der Waals surface area contributed by atoms with Crippen LogP contribution in [-0.2, 0) is 13.0 Å². The minimum atomic E-state index is 0.0894. The van der Waals surface area contributed by atoms with E-state index in [1.807, 2.05) is 6.07 Å². The Kier molecular flexibility index (Phi) is 5.48. The van der Waals surface area contributed by atoms with E-state index in [1.54, 1.807) is 33.6 Å². The van der Waals surface area contributed by atoms with E-state index in [0.29, 0.717) is 6.54 Å². The Morgan fingerprint density at radius 3 is 2.67 bits per heavy atom. The molecule has 3 aromatic rings. The van der Waals surface area contributed by atoms with Gasteiger partial charge < -0.3 is 4.90 Å². The Labute approximate surface area is 150 Å². The highest BCUT2D eigenvalue weighted by atomic mass is 32.1. The molecule has 0 N–H and O–H groups in total. The molecule has 0 aromatic carbocycles. The van der Waals surface area contributed by atoms with Gasteiger partial charge in [-0.3, -0.25) is 9.36 Å². The molecule has 3 aromatic heterocycles. The van der Waals surface area contributed by atoms with Crippen LogP contribution >= 0.6 is 22.7 Å². The van der Waals surface area contributed by atoms with Gasteiger partial charge in [0.2, 0.25) is 0 Å². The number of fused-ring (bicyclic) bond motifs is 1. The third kappa shape index (κ3) is 3.18. The first-order valence-corrected chi connectivity index (χ1v) is 10.2. The fourth-order valence-electron chi connectivity index (χ4n) is 2.95. The predicted octanol–water partition coefficient (Wildman–Crippen LogP) is 4.09. The second-order valence-electron chi connectivity index (χ2n) is 5.68. The van der Waals surface area contributed by atoms with Crippen LogP contribution in [0, 0.1) is 0 Å². The van der Waals surface area contributed by atoms with Crippen LogP contribution in [0.3, 0.4) is 0 Å². The minimum Gasteiger partial charge on any atom is -0.302 e. The SMILES string of the molecule is CCc1sc2ncn(CCN(CC)CC)c(=O)c2c1-c1cccs1. The largest absolute Gasteiger partial charge is 0.302 e. The van der Waals surface area contributed by atoms with Crippen LogP contribution < -0.4 is 5.56 Å². The Morgan fingerprint density at radius 1 is 1.25 bits per heavy atom. The lowest BCUT2D eigenvalue weighted by Gasteiger charge is -2.18. The van der Waals surface area contributed by atoms with Crippen molar-refractivity contribution in [3.8, 4) is 10.4 Å². The first-order valence-electron chi connectivity index (χ1n) is 8.46. The van der Waals surface area contributed by atoms with E-state index >= 15 is 0 Å². The number of aryl methyl sites for hydroxylation is 1. The van der Waals surface area contributed by atoms with Crippen LogP contribution in [0.15, 0.2) is 28.6 Å². The molecule has 0 amide bonds. The van der Waals surface area contributed by atoms with Gasteiger partial charge in [-0.1, -0.05) is 26.8 Å². The summed E-state index contributed by atoms with van der Waals surface area (Å²) in [6.07, 6.45) is 2.63. The van der Waals surface area contributed by atoms with Gasteiger partial charge in [0.1, 0.15) is 4.83 Å². The van der Waals surface area contributed by atoms with E-state index in [4.69, 9.17) is 0 Å². The van der Waals surface area contributed by atoms with Gasteiger partial charge in [0.05, 0.1) is 11.7 Å². The molecule has 0 aliphatic carbocycles. The maximum absolute atomic E-state index is 13.1. The smallest absolute Gasteiger partial charge is 0.262 e. The molecule has 0 unspecified atom stereocenters. The fraction of sp³-hybridized carbons (Fsp3) is 0.444. The van der Waals surface area contributed by atoms with Gasteiger partial charge in [0.25, 0.3) is 5.56 Å². The zero-order valence-corrected chi connectivity index (χ0v) is 16.0. The molecular formula is C18H23N3OS2. The van der Waals surface area contributed by atoms with E-state index in [0.717, 1.165) is 41.8 Å². The van der Waals surface area contributed by atoms with Crippen molar-refractivity contribution in [3.05, 3.63) is 39.1 Å². The van der Waals surface area contributed by atoms with Crippen molar-refractivity contribution >= 4 is 32.9 Å². The highest BCUT2D eigenvalue weighted by Gasteiger charge is 2.18. The van der Waals surface area contributed by atoms with Gasteiger partial charge in [0, 0.05) is 28.4 Å². The molecule has 0 aliphatic rings. The second kappa shape index (κ2) is 7.59. The molecule has 0 saturated carbocycles. The summed E-state index contributed by atoms with van der Waals surface area (Å²) in [4.78, 5) is 23.3. The molecule has 3 heterocycles. The van der Waals surface area contributed by atoms with E-state index in [2.05, 4.69) is 42.1 Å². The molecule has 0 atom stereocenters. The molecule has 6 heteroatoms. The summed E-state index contributed by atoms with van der Waals surface area (Å²) in [6.45, 7) is 9.99. The number of hydrogen-bond acceptors (Lipinski definition) is 5. The zero-order chi connectivity index (χ0) is 17.1. The average Bonchev–Trinajstić information content (AvgIpc) is 3.24. The predicted molar refractivity (Wildman–Crippen MR) is 104 cm³/mol. The Bertz CT molecular complexity index is 860. The van der Waals surface area contributed by atoms with Crippen molar-refractivity contribution in [2.75, 3.05) is 19.6 Å². The first-order chi connectivity index (χ1) is 11.7. The van der Waals surface area contributed by atoms with Crippen LogP contribution in [0.4, 0.5) is 0 Å². The van der Waals surface area contributed by atoms with E-state index in [-0.39, 0.29) is 5.56 Å². The molecule has 0 bridgehead atoms. The standard InChI is InChI=1S/C18H23N3OS2/c1-4-13-15(14-8-7-11-23-14)16-17(24-13)19-12-21(18(16)22)10-9-20(5-2)6-3/h7-8,11-12H,4-6,9-10H2,1-3H3. The van der Waals surface area contributed by atoms with E-state index in [9.17, 15) is 4.79 Å². The monoisotopic (exact) mass is 361 g/mol. The number of thiophene rings is 2. The van der Waals surface area contributed by atoms with Crippen molar-refractivity contribution in [2.45, 2.75) is 33.7 Å². The maximum atomic E-state index is 13.1. The summed E-state index contributed by atoms with van der Waals surface area (Å²) >= 11 is 3.34. The van der Waals surface area contributed by atoms with Crippen LogP contribution in [0.5, 0.6) is 0 Å². The number of aromatic nitrogens is 2. The molecule has 24 heavy (non-hydrogen) atoms. The molecule has 0 saturated heterocycles. The molecule has 0 aliphatic heterocycles. The number of rotatable bonds is 7.